The van der Waals surface area contributed by atoms with Gasteiger partial charge in [0.2, 0.25) is 0 Å². The molecule has 1 rings (SSSR count). The Balaban J connectivity index is 2.51. The number of carbonyl (C=O) groups excluding carboxylic acids is 2. The van der Waals surface area contributed by atoms with E-state index in [2.05, 4.69) is 79.1 Å². The van der Waals surface area contributed by atoms with E-state index in [4.69, 9.17) is 24.8 Å². The monoisotopic (exact) mass is 908 g/mol. The highest BCUT2D eigenvalue weighted by atomic mass is 31.2. The summed E-state index contributed by atoms with van der Waals surface area (Å²) >= 11 is 0. The van der Waals surface area contributed by atoms with E-state index >= 15 is 0 Å². The number of ether oxygens (including phenoxy) is 2. The predicted molar refractivity (Wildman–Crippen MR) is 246 cm³/mol. The second-order valence-corrected chi connectivity index (χ2v) is 17.2. The van der Waals surface area contributed by atoms with Crippen LogP contribution in [0.4, 0.5) is 0 Å². The summed E-state index contributed by atoms with van der Waals surface area (Å²) < 4.78 is 32.7. The minimum absolute atomic E-state index is 0.0283. The Kier molecular flexibility index (Phi) is 33.7. The van der Waals surface area contributed by atoms with Crippen molar-refractivity contribution in [3.05, 3.63) is 85.1 Å². The fourth-order valence-electron chi connectivity index (χ4n) is 6.55. The van der Waals surface area contributed by atoms with Crippen molar-refractivity contribution in [1.82, 2.24) is 0 Å². The lowest BCUT2D eigenvalue weighted by Crippen LogP contribution is -2.34. The minimum Gasteiger partial charge on any atom is -0.480 e. The van der Waals surface area contributed by atoms with Crippen LogP contribution in [0, 0.1) is 11.8 Å². The maximum atomic E-state index is 12.8. The Morgan fingerprint density at radius 2 is 1.30 bits per heavy atom. The summed E-state index contributed by atoms with van der Waals surface area (Å²) in [5.41, 5.74) is 5.33. The van der Waals surface area contributed by atoms with Gasteiger partial charge in [0.05, 0.1) is 31.5 Å². The molecule has 358 valence electrons. The van der Waals surface area contributed by atoms with E-state index in [1.807, 2.05) is 18.2 Å². The number of carbonyl (C=O) groups is 3. The Labute approximate surface area is 376 Å². The van der Waals surface area contributed by atoms with E-state index in [0.717, 1.165) is 70.6 Å². The SMILES string of the molecule is CC/C=C\C/C=C\C/C=C\C/C=C\C/C=C\CCCCCC(=O)OC[C@H](COP(=O)(O)OC[C@H](N)C(=O)O)OC(=O)CCC/C=C/C[C@@H]1[C@@H](/C=C/[C@@H](O)CCCCC)[C@H](O)C[C@@H]1O. The second kappa shape index (κ2) is 36.8. The molecule has 63 heavy (non-hydrogen) atoms. The molecule has 0 radical (unpaired) electrons. The van der Waals surface area contributed by atoms with Gasteiger partial charge in [0, 0.05) is 25.2 Å². The number of aliphatic carboxylic acids is 1. The van der Waals surface area contributed by atoms with Crippen LogP contribution in [0.3, 0.4) is 0 Å². The number of hydrogen-bond acceptors (Lipinski definition) is 12. The third-order valence-electron chi connectivity index (χ3n) is 10.2. The summed E-state index contributed by atoms with van der Waals surface area (Å²) in [5.74, 6) is -3.15. The molecule has 1 fully saturated rings. The molecule has 1 unspecified atom stereocenters. The van der Waals surface area contributed by atoms with Crippen LogP contribution < -0.4 is 5.73 Å². The number of hydrogen-bond donors (Lipinski definition) is 6. The fourth-order valence-corrected chi connectivity index (χ4v) is 7.33. The van der Waals surface area contributed by atoms with Gasteiger partial charge in [-0.25, -0.2) is 4.57 Å². The van der Waals surface area contributed by atoms with Crippen molar-refractivity contribution < 1.29 is 62.8 Å². The van der Waals surface area contributed by atoms with Gasteiger partial charge in [0.1, 0.15) is 12.6 Å². The van der Waals surface area contributed by atoms with Crippen molar-refractivity contribution in [2.75, 3.05) is 19.8 Å². The number of carboxylic acids is 1. The van der Waals surface area contributed by atoms with Gasteiger partial charge in [-0.05, 0) is 83.0 Å². The molecular weight excluding hydrogens is 829 g/mol. The third kappa shape index (κ3) is 31.1. The zero-order valence-corrected chi connectivity index (χ0v) is 38.6. The lowest BCUT2D eigenvalue weighted by molar-refractivity contribution is -0.161. The molecule has 1 saturated carbocycles. The molecule has 14 nitrogen and oxygen atoms in total. The molecule has 0 aromatic rings. The normalized spacial score (nSPS) is 20.9. The van der Waals surface area contributed by atoms with E-state index in [-0.39, 0.29) is 31.1 Å². The van der Waals surface area contributed by atoms with Crippen LogP contribution in [0.2, 0.25) is 0 Å². The summed E-state index contributed by atoms with van der Waals surface area (Å²) in [7, 11) is -4.80. The highest BCUT2D eigenvalue weighted by Gasteiger charge is 2.39. The molecule has 7 N–H and O–H groups in total. The van der Waals surface area contributed by atoms with Crippen LogP contribution in [0.25, 0.3) is 0 Å². The van der Waals surface area contributed by atoms with E-state index in [9.17, 15) is 39.2 Å². The number of nitrogens with two attached hydrogens (primary N) is 1. The van der Waals surface area contributed by atoms with Crippen LogP contribution in [0.5, 0.6) is 0 Å². The number of carboxylic acid groups (broad SMARTS) is 1. The Morgan fingerprint density at radius 1 is 0.714 bits per heavy atom. The van der Waals surface area contributed by atoms with E-state index in [0.29, 0.717) is 32.1 Å². The van der Waals surface area contributed by atoms with Crippen LogP contribution in [-0.4, -0.2) is 93.5 Å². The predicted octanol–water partition coefficient (Wildman–Crippen LogP) is 8.66. The van der Waals surface area contributed by atoms with Gasteiger partial charge in [-0.15, -0.1) is 0 Å². The molecule has 0 saturated heterocycles. The lowest BCUT2D eigenvalue weighted by Gasteiger charge is -2.20. The molecule has 0 spiro atoms. The van der Waals surface area contributed by atoms with E-state index < -0.39 is 76.0 Å². The fraction of sp³-hybridized carbons (Fsp3) is 0.646. The number of aliphatic hydroxyl groups excluding tert-OH is 3. The van der Waals surface area contributed by atoms with Gasteiger partial charge in [-0.2, -0.15) is 0 Å². The first-order valence-electron chi connectivity index (χ1n) is 22.9. The first kappa shape index (κ1) is 57.6. The number of unbranched alkanes of at least 4 members (excludes halogenated alkanes) is 6. The highest BCUT2D eigenvalue weighted by molar-refractivity contribution is 7.47. The number of aliphatic hydroxyl groups is 3. The first-order valence-corrected chi connectivity index (χ1v) is 24.4. The number of allylic oxidation sites excluding steroid dienone is 12. The quantitative estimate of drug-likeness (QED) is 0.0148. The smallest absolute Gasteiger partial charge is 0.472 e. The zero-order valence-electron chi connectivity index (χ0n) is 37.7. The maximum absolute atomic E-state index is 12.8. The Morgan fingerprint density at radius 3 is 1.94 bits per heavy atom. The Hall–Kier alpha value is -3.46. The van der Waals surface area contributed by atoms with Gasteiger partial charge < -0.3 is 40.5 Å². The summed E-state index contributed by atoms with van der Waals surface area (Å²) in [6, 6.07) is -1.57. The average molecular weight is 908 g/mol. The van der Waals surface area contributed by atoms with Crippen molar-refractivity contribution in [3.8, 4) is 0 Å². The van der Waals surface area contributed by atoms with Gasteiger partial charge in [-0.1, -0.05) is 125 Å². The van der Waals surface area contributed by atoms with Crippen molar-refractivity contribution in [3.63, 3.8) is 0 Å². The molecule has 0 aliphatic heterocycles. The van der Waals surface area contributed by atoms with Crippen molar-refractivity contribution in [2.45, 2.75) is 166 Å². The molecule has 15 heteroatoms. The van der Waals surface area contributed by atoms with Crippen LogP contribution in [-0.2, 0) is 37.5 Å². The molecule has 1 aliphatic carbocycles. The number of rotatable bonds is 37. The molecular formula is C48H78NO13P. The van der Waals surface area contributed by atoms with E-state index in [1.165, 1.54) is 0 Å². The van der Waals surface area contributed by atoms with Crippen molar-refractivity contribution in [1.29, 1.82) is 0 Å². The molecule has 0 amide bonds. The summed E-state index contributed by atoms with van der Waals surface area (Å²) in [5, 5.41) is 40.3. The average Bonchev–Trinajstić information content (AvgIpc) is 3.52. The summed E-state index contributed by atoms with van der Waals surface area (Å²) in [6.45, 7) is 2.29. The number of esters is 2. The van der Waals surface area contributed by atoms with Gasteiger partial charge in [0.25, 0.3) is 0 Å². The molecule has 1 aliphatic rings. The molecule has 0 aromatic heterocycles. The van der Waals surface area contributed by atoms with Crippen LogP contribution in [0.1, 0.15) is 136 Å². The topological polar surface area (TPSA) is 232 Å². The van der Waals surface area contributed by atoms with Gasteiger partial charge in [0.15, 0.2) is 6.10 Å². The summed E-state index contributed by atoms with van der Waals surface area (Å²) in [6.07, 6.45) is 38.9. The standard InChI is InChI=1S/C48H78NO13P/c1-3-5-7-8-9-10-11-12-13-14-15-16-17-18-19-20-21-22-27-31-46(53)59-36-40(37-60-63(57,58)61-38-43(49)48(55)56)62-47(54)32-28-24-23-26-30-41-42(45(52)35-44(41)51)34-33-39(50)29-25-6-4-2/h5,7,9-10,12-13,15-16,18-19,23,26,33-34,39-45,50-52H,3-4,6,8,11,14,17,20-22,24-25,27-32,35-38,49H2,1-2H3,(H,55,56)(H,57,58)/b7-5-,10-9-,13-12-,16-15-,19-18-,26-23+,34-33+/t39-,40+,41+,42+,43-,44-,45+/m0/s1. The molecule has 0 heterocycles. The first-order chi connectivity index (χ1) is 30.3. The third-order valence-corrected chi connectivity index (χ3v) is 11.1. The molecule has 0 bridgehead atoms. The molecule has 0 aromatic carbocycles. The summed E-state index contributed by atoms with van der Waals surface area (Å²) in [4.78, 5) is 46.2. The lowest BCUT2D eigenvalue weighted by atomic mass is 9.89. The highest BCUT2D eigenvalue weighted by Crippen LogP contribution is 2.43. The van der Waals surface area contributed by atoms with E-state index in [1.54, 1.807) is 6.08 Å². The van der Waals surface area contributed by atoms with Crippen molar-refractivity contribution in [2.24, 2.45) is 17.6 Å². The van der Waals surface area contributed by atoms with Gasteiger partial charge >= 0.3 is 25.7 Å². The maximum Gasteiger partial charge on any atom is 0.472 e. The van der Waals surface area contributed by atoms with Crippen LogP contribution in [0.15, 0.2) is 85.1 Å². The number of phosphoric acid groups is 1. The largest absolute Gasteiger partial charge is 0.480 e. The van der Waals surface area contributed by atoms with Crippen molar-refractivity contribution >= 4 is 25.7 Å². The molecule has 8 atom stereocenters. The van der Waals surface area contributed by atoms with Gasteiger partial charge in [-0.3, -0.25) is 23.4 Å². The minimum atomic E-state index is -4.80. The Bertz CT molecular complexity index is 1510. The second-order valence-electron chi connectivity index (χ2n) is 15.8. The number of phosphoric ester groups is 1. The zero-order chi connectivity index (χ0) is 46.6. The van der Waals surface area contributed by atoms with Crippen LogP contribution >= 0.6 is 7.82 Å².